The van der Waals surface area contributed by atoms with Crippen LogP contribution >= 0.6 is 0 Å². The van der Waals surface area contributed by atoms with Gasteiger partial charge >= 0.3 is 0 Å². The average molecular weight is 324 g/mol. The van der Waals surface area contributed by atoms with Crippen LogP contribution in [0.25, 0.3) is 0 Å². The number of rotatable bonds is 3. The van der Waals surface area contributed by atoms with Crippen LogP contribution in [-0.4, -0.2) is 19.9 Å². The Balaban J connectivity index is 1.62. The third-order valence-corrected chi connectivity index (χ3v) is 5.63. The molecule has 4 nitrogen and oxygen atoms in total. The molecule has 0 radical (unpaired) electrons. The Morgan fingerprint density at radius 2 is 1.79 bits per heavy atom. The Bertz CT molecular complexity index is 718. The number of fused-ring (bicyclic) bond motifs is 3. The molecular weight excluding hydrogens is 300 g/mol. The predicted octanol–water partition coefficient (Wildman–Crippen LogP) is 3.83. The summed E-state index contributed by atoms with van der Waals surface area (Å²) in [5.74, 6) is 3.36. The Kier molecular flexibility index (Phi) is 3.83. The molecule has 4 atom stereocenters. The van der Waals surface area contributed by atoms with E-state index in [1.807, 2.05) is 12.1 Å². The Morgan fingerprint density at radius 1 is 1.04 bits per heavy atom. The van der Waals surface area contributed by atoms with Gasteiger partial charge in [0.25, 0.3) is 0 Å². The summed E-state index contributed by atoms with van der Waals surface area (Å²) in [5.41, 5.74) is 7.23. The lowest BCUT2D eigenvalue weighted by Crippen LogP contribution is -2.33. The van der Waals surface area contributed by atoms with Crippen LogP contribution in [0.5, 0.6) is 5.75 Å². The first-order chi connectivity index (χ1) is 11.7. The van der Waals surface area contributed by atoms with Crippen LogP contribution in [0.3, 0.4) is 0 Å². The van der Waals surface area contributed by atoms with Crippen LogP contribution in [0.1, 0.15) is 31.4 Å². The number of nitrogens with zero attached hydrogens (tertiary/aromatic N) is 1. The molecule has 1 heterocycles. The molecule has 1 saturated carbocycles. The van der Waals surface area contributed by atoms with Gasteiger partial charge in [0.1, 0.15) is 11.5 Å². The maximum absolute atomic E-state index is 5.49. The molecule has 1 aliphatic heterocycles. The lowest BCUT2D eigenvalue weighted by molar-refractivity contribution is 0.286. The Hall–Kier alpha value is -2.23. The number of ether oxygens (including phenoxy) is 2. The third-order valence-electron chi connectivity index (χ3n) is 5.63. The van der Waals surface area contributed by atoms with Crippen LogP contribution in [-0.2, 0) is 4.74 Å². The molecule has 0 bridgehead atoms. The number of methoxy groups -OCH3 is 2. The highest BCUT2D eigenvalue weighted by Crippen LogP contribution is 2.46. The summed E-state index contributed by atoms with van der Waals surface area (Å²) in [7, 11) is 3.44. The zero-order chi connectivity index (χ0) is 16.7. The summed E-state index contributed by atoms with van der Waals surface area (Å²) >= 11 is 0. The van der Waals surface area contributed by atoms with E-state index in [1.165, 1.54) is 29.7 Å². The number of nitrogens with one attached hydrogen (secondary N) is 1. The SMILES string of the molecule is COC1=CC(C)C2CC[C@@H]3C(=NNC3c3ccc(OC)cc3)C2=C1. The fourth-order valence-corrected chi connectivity index (χ4v) is 4.31. The van der Waals surface area contributed by atoms with Gasteiger partial charge in [-0.1, -0.05) is 19.1 Å². The number of hydrazone groups is 1. The van der Waals surface area contributed by atoms with E-state index in [-0.39, 0.29) is 6.04 Å². The standard InChI is InChI=1S/C20H24N2O2/c1-12-10-15(24-3)11-18-16(12)8-9-17-19(21-22-20(17)18)13-4-6-14(23-2)7-5-13/h4-7,10-12,16-17,19,21H,8-9H2,1-3H3/t12?,16?,17-,19?/m0/s1. The molecule has 1 aromatic rings. The minimum atomic E-state index is 0.250. The minimum absolute atomic E-state index is 0.250. The quantitative estimate of drug-likeness (QED) is 0.919. The van der Waals surface area contributed by atoms with E-state index in [2.05, 4.69) is 36.6 Å². The zero-order valence-electron chi connectivity index (χ0n) is 14.5. The summed E-state index contributed by atoms with van der Waals surface area (Å²) in [6.07, 6.45) is 6.80. The van der Waals surface area contributed by atoms with Crippen LogP contribution in [0, 0.1) is 17.8 Å². The maximum Gasteiger partial charge on any atom is 0.118 e. The molecule has 2 aliphatic carbocycles. The smallest absolute Gasteiger partial charge is 0.118 e. The molecule has 0 aromatic heterocycles. The van der Waals surface area contributed by atoms with E-state index in [0.717, 1.165) is 11.5 Å². The molecule has 1 fully saturated rings. The second-order valence-corrected chi connectivity index (χ2v) is 6.90. The summed E-state index contributed by atoms with van der Waals surface area (Å²) < 4.78 is 10.8. The summed E-state index contributed by atoms with van der Waals surface area (Å²) in [5, 5.41) is 4.73. The Labute approximate surface area is 143 Å². The third kappa shape index (κ3) is 2.41. The summed E-state index contributed by atoms with van der Waals surface area (Å²) in [6.45, 7) is 2.28. The average Bonchev–Trinajstić information content (AvgIpc) is 3.06. The first kappa shape index (κ1) is 15.3. The summed E-state index contributed by atoms with van der Waals surface area (Å²) in [6, 6.07) is 8.57. The van der Waals surface area contributed by atoms with Gasteiger partial charge in [0.15, 0.2) is 0 Å². The van der Waals surface area contributed by atoms with E-state index in [4.69, 9.17) is 14.6 Å². The largest absolute Gasteiger partial charge is 0.497 e. The molecule has 0 amide bonds. The van der Waals surface area contributed by atoms with Gasteiger partial charge in [0.05, 0.1) is 26.0 Å². The van der Waals surface area contributed by atoms with E-state index in [9.17, 15) is 0 Å². The van der Waals surface area contributed by atoms with E-state index in [1.54, 1.807) is 14.2 Å². The lowest BCUT2D eigenvalue weighted by atomic mass is 9.68. The van der Waals surface area contributed by atoms with Crippen molar-refractivity contribution in [3.05, 3.63) is 53.3 Å². The summed E-state index contributed by atoms with van der Waals surface area (Å²) in [4.78, 5) is 0. The van der Waals surface area contributed by atoms with Gasteiger partial charge in [-0.25, -0.2) is 0 Å². The fourth-order valence-electron chi connectivity index (χ4n) is 4.31. The minimum Gasteiger partial charge on any atom is -0.497 e. The molecular formula is C20H24N2O2. The number of hydrogen-bond acceptors (Lipinski definition) is 4. The number of allylic oxidation sites excluding steroid dienone is 3. The molecule has 0 saturated heterocycles. The second-order valence-electron chi connectivity index (χ2n) is 6.90. The van der Waals surface area contributed by atoms with Crippen LogP contribution in [0.15, 0.2) is 52.9 Å². The van der Waals surface area contributed by atoms with Crippen molar-refractivity contribution in [3.8, 4) is 5.75 Å². The molecule has 1 aromatic carbocycles. The van der Waals surface area contributed by atoms with Crippen molar-refractivity contribution in [1.82, 2.24) is 5.43 Å². The van der Waals surface area contributed by atoms with Gasteiger partial charge < -0.3 is 14.9 Å². The van der Waals surface area contributed by atoms with Crippen LogP contribution in [0.2, 0.25) is 0 Å². The number of benzene rings is 1. The van der Waals surface area contributed by atoms with Gasteiger partial charge in [-0.15, -0.1) is 0 Å². The van der Waals surface area contributed by atoms with E-state index < -0.39 is 0 Å². The molecule has 1 N–H and O–H groups in total. The normalized spacial score (nSPS) is 31.0. The van der Waals surface area contributed by atoms with Gasteiger partial charge in [0.2, 0.25) is 0 Å². The first-order valence-corrected chi connectivity index (χ1v) is 8.66. The van der Waals surface area contributed by atoms with Crippen molar-refractivity contribution in [2.45, 2.75) is 25.8 Å². The van der Waals surface area contributed by atoms with Gasteiger partial charge in [-0.2, -0.15) is 5.10 Å². The van der Waals surface area contributed by atoms with Crippen molar-refractivity contribution in [2.75, 3.05) is 14.2 Å². The highest BCUT2D eigenvalue weighted by molar-refractivity contribution is 6.05. The van der Waals surface area contributed by atoms with E-state index >= 15 is 0 Å². The van der Waals surface area contributed by atoms with Crippen molar-refractivity contribution < 1.29 is 9.47 Å². The topological polar surface area (TPSA) is 42.8 Å². The lowest BCUT2D eigenvalue weighted by Gasteiger charge is -2.36. The zero-order valence-corrected chi connectivity index (χ0v) is 14.5. The molecule has 4 heteroatoms. The van der Waals surface area contributed by atoms with Crippen molar-refractivity contribution >= 4 is 5.71 Å². The maximum atomic E-state index is 5.49. The monoisotopic (exact) mass is 324 g/mol. The molecule has 3 unspecified atom stereocenters. The van der Waals surface area contributed by atoms with Crippen LogP contribution < -0.4 is 10.2 Å². The van der Waals surface area contributed by atoms with E-state index in [0.29, 0.717) is 17.8 Å². The molecule has 4 rings (SSSR count). The van der Waals surface area contributed by atoms with Crippen molar-refractivity contribution in [3.63, 3.8) is 0 Å². The highest BCUT2D eigenvalue weighted by atomic mass is 16.5. The molecule has 3 aliphatic rings. The second kappa shape index (κ2) is 6.00. The first-order valence-electron chi connectivity index (χ1n) is 8.66. The highest BCUT2D eigenvalue weighted by Gasteiger charge is 2.42. The molecule has 0 spiro atoms. The Morgan fingerprint density at radius 3 is 2.50 bits per heavy atom. The van der Waals surface area contributed by atoms with Crippen LogP contribution in [0.4, 0.5) is 0 Å². The van der Waals surface area contributed by atoms with Crippen molar-refractivity contribution in [1.29, 1.82) is 0 Å². The fraction of sp³-hybridized carbons (Fsp3) is 0.450. The van der Waals surface area contributed by atoms with Gasteiger partial charge in [-0.05, 0) is 60.1 Å². The van der Waals surface area contributed by atoms with Gasteiger partial charge in [-0.3, -0.25) is 0 Å². The molecule has 24 heavy (non-hydrogen) atoms. The number of hydrogen-bond donors (Lipinski definition) is 1. The van der Waals surface area contributed by atoms with Gasteiger partial charge in [0, 0.05) is 5.92 Å². The molecule has 126 valence electrons. The van der Waals surface area contributed by atoms with Crippen molar-refractivity contribution in [2.24, 2.45) is 22.9 Å². The predicted molar refractivity (Wildman–Crippen MR) is 94.9 cm³/mol.